The van der Waals surface area contributed by atoms with Gasteiger partial charge < -0.3 is 5.32 Å². The summed E-state index contributed by atoms with van der Waals surface area (Å²) in [7, 11) is -3.12. The fourth-order valence-electron chi connectivity index (χ4n) is 3.82. The molecular weight excluding hydrogens is 314 g/mol. The molecule has 2 aliphatic rings. The van der Waals surface area contributed by atoms with Gasteiger partial charge in [-0.15, -0.1) is 0 Å². The lowest BCUT2D eigenvalue weighted by Crippen LogP contribution is -2.48. The molecule has 0 aliphatic carbocycles. The number of carbonyl (C=O) groups is 1. The van der Waals surface area contributed by atoms with Crippen molar-refractivity contribution >= 4 is 15.9 Å². The number of nitrogens with zero attached hydrogens (tertiary/aromatic N) is 2. The lowest BCUT2D eigenvalue weighted by atomic mass is 9.97. The minimum atomic E-state index is -3.12. The first kappa shape index (κ1) is 18.7. The number of likely N-dealkylation sites (tertiary alicyclic amines) is 1. The summed E-state index contributed by atoms with van der Waals surface area (Å²) >= 11 is 0. The third kappa shape index (κ3) is 5.16. The monoisotopic (exact) mass is 345 g/mol. The van der Waals surface area contributed by atoms with E-state index in [0.29, 0.717) is 44.6 Å². The Morgan fingerprint density at radius 2 is 1.65 bits per heavy atom. The summed E-state index contributed by atoms with van der Waals surface area (Å²) in [5.41, 5.74) is 0. The molecule has 7 heteroatoms. The van der Waals surface area contributed by atoms with E-state index in [1.807, 2.05) is 0 Å². The maximum absolute atomic E-state index is 12.3. The van der Waals surface area contributed by atoms with Crippen molar-refractivity contribution in [1.29, 1.82) is 0 Å². The Morgan fingerprint density at radius 1 is 1.09 bits per heavy atom. The SMILES string of the molecule is C[C@@H]1CCC[C@H](C)N1CCNC(=O)C1CCN(S(C)(=O)=O)CC1. The van der Waals surface area contributed by atoms with Gasteiger partial charge in [0.05, 0.1) is 6.26 Å². The molecule has 2 fully saturated rings. The molecule has 2 aliphatic heterocycles. The van der Waals surface area contributed by atoms with Gasteiger partial charge in [-0.3, -0.25) is 9.69 Å². The van der Waals surface area contributed by atoms with Crippen molar-refractivity contribution in [2.24, 2.45) is 5.92 Å². The van der Waals surface area contributed by atoms with Crippen LogP contribution in [0.4, 0.5) is 0 Å². The van der Waals surface area contributed by atoms with Gasteiger partial charge in [-0.05, 0) is 39.5 Å². The molecule has 2 atom stereocenters. The molecule has 2 saturated heterocycles. The summed E-state index contributed by atoms with van der Waals surface area (Å²) in [6.07, 6.45) is 6.24. The summed E-state index contributed by atoms with van der Waals surface area (Å²) in [5.74, 6) is 0.0275. The molecule has 0 aromatic carbocycles. The Hall–Kier alpha value is -0.660. The molecule has 0 spiro atoms. The Bertz CT molecular complexity index is 491. The fraction of sp³-hybridized carbons (Fsp3) is 0.938. The number of nitrogens with one attached hydrogen (secondary N) is 1. The van der Waals surface area contributed by atoms with E-state index in [9.17, 15) is 13.2 Å². The van der Waals surface area contributed by atoms with Gasteiger partial charge in [-0.25, -0.2) is 12.7 Å². The van der Waals surface area contributed by atoms with E-state index in [1.165, 1.54) is 29.8 Å². The number of sulfonamides is 1. The van der Waals surface area contributed by atoms with Crippen molar-refractivity contribution in [3.8, 4) is 0 Å². The van der Waals surface area contributed by atoms with Gasteiger partial charge >= 0.3 is 0 Å². The molecule has 2 heterocycles. The minimum Gasteiger partial charge on any atom is -0.355 e. The van der Waals surface area contributed by atoms with Crippen molar-refractivity contribution in [2.45, 2.75) is 58.0 Å². The summed E-state index contributed by atoms with van der Waals surface area (Å²) in [6, 6.07) is 1.18. The van der Waals surface area contributed by atoms with Gasteiger partial charge in [-0.1, -0.05) is 6.42 Å². The van der Waals surface area contributed by atoms with Gasteiger partial charge in [-0.2, -0.15) is 0 Å². The molecule has 6 nitrogen and oxygen atoms in total. The molecule has 0 aromatic rings. The molecule has 1 amide bonds. The maximum Gasteiger partial charge on any atom is 0.223 e. The first-order chi connectivity index (χ1) is 10.8. The second-order valence-electron chi connectivity index (χ2n) is 7.09. The highest BCUT2D eigenvalue weighted by Gasteiger charge is 2.29. The van der Waals surface area contributed by atoms with Gasteiger partial charge in [0.1, 0.15) is 0 Å². The highest BCUT2D eigenvalue weighted by Crippen LogP contribution is 2.22. The Balaban J connectivity index is 1.71. The molecule has 0 aromatic heterocycles. The molecule has 0 saturated carbocycles. The van der Waals surface area contributed by atoms with Crippen molar-refractivity contribution in [3.05, 3.63) is 0 Å². The smallest absolute Gasteiger partial charge is 0.223 e. The largest absolute Gasteiger partial charge is 0.355 e. The number of amides is 1. The van der Waals surface area contributed by atoms with Gasteiger partial charge in [0.2, 0.25) is 15.9 Å². The van der Waals surface area contributed by atoms with Crippen LogP contribution in [0.3, 0.4) is 0 Å². The number of hydrogen-bond donors (Lipinski definition) is 1. The molecule has 23 heavy (non-hydrogen) atoms. The molecule has 0 unspecified atom stereocenters. The number of piperidine rings is 2. The number of rotatable bonds is 5. The van der Waals surface area contributed by atoms with E-state index < -0.39 is 10.0 Å². The standard InChI is InChI=1S/C16H31N3O3S/c1-13-5-4-6-14(2)19(13)12-9-17-16(20)15-7-10-18(11-8-15)23(3,21)22/h13-15H,4-12H2,1-3H3,(H,17,20)/t13-,14+. The topological polar surface area (TPSA) is 69.7 Å². The van der Waals surface area contributed by atoms with Crippen LogP contribution in [0.15, 0.2) is 0 Å². The van der Waals surface area contributed by atoms with Crippen LogP contribution in [0, 0.1) is 5.92 Å². The van der Waals surface area contributed by atoms with Crippen LogP contribution in [0.1, 0.15) is 46.0 Å². The van der Waals surface area contributed by atoms with Gasteiger partial charge in [0.15, 0.2) is 0 Å². The summed E-state index contributed by atoms with van der Waals surface area (Å²) in [5, 5.41) is 3.05. The second kappa shape index (κ2) is 7.94. The molecular formula is C16H31N3O3S. The van der Waals surface area contributed by atoms with E-state index in [4.69, 9.17) is 0 Å². The minimum absolute atomic E-state index is 0.0517. The summed E-state index contributed by atoms with van der Waals surface area (Å²) in [6.45, 7) is 7.01. The van der Waals surface area contributed by atoms with Crippen LogP contribution >= 0.6 is 0 Å². The van der Waals surface area contributed by atoms with Crippen LogP contribution in [-0.2, 0) is 14.8 Å². The normalized spacial score (nSPS) is 28.7. The summed E-state index contributed by atoms with van der Waals surface area (Å²) < 4.78 is 24.4. The van der Waals surface area contributed by atoms with E-state index >= 15 is 0 Å². The zero-order valence-electron chi connectivity index (χ0n) is 14.6. The number of hydrogen-bond acceptors (Lipinski definition) is 4. The zero-order chi connectivity index (χ0) is 17.0. The van der Waals surface area contributed by atoms with E-state index in [0.717, 1.165) is 6.54 Å². The van der Waals surface area contributed by atoms with E-state index in [-0.39, 0.29) is 11.8 Å². The molecule has 134 valence electrons. The van der Waals surface area contributed by atoms with Crippen molar-refractivity contribution < 1.29 is 13.2 Å². The predicted octanol–water partition coefficient (Wildman–Crippen LogP) is 1.04. The van der Waals surface area contributed by atoms with E-state index in [2.05, 4.69) is 24.1 Å². The van der Waals surface area contributed by atoms with Gasteiger partial charge in [0, 0.05) is 44.2 Å². The molecule has 1 N–H and O–H groups in total. The average Bonchev–Trinajstić information content (AvgIpc) is 2.49. The van der Waals surface area contributed by atoms with Crippen molar-refractivity contribution in [2.75, 3.05) is 32.4 Å². The number of carbonyl (C=O) groups excluding carboxylic acids is 1. The van der Waals surface area contributed by atoms with Crippen LogP contribution in [0.25, 0.3) is 0 Å². The first-order valence-electron chi connectivity index (χ1n) is 8.77. The molecule has 0 bridgehead atoms. The van der Waals surface area contributed by atoms with E-state index in [1.54, 1.807) is 0 Å². The van der Waals surface area contributed by atoms with Crippen molar-refractivity contribution in [1.82, 2.24) is 14.5 Å². The quantitative estimate of drug-likeness (QED) is 0.808. The maximum atomic E-state index is 12.3. The van der Waals surface area contributed by atoms with Gasteiger partial charge in [0.25, 0.3) is 0 Å². The Morgan fingerprint density at radius 3 is 2.17 bits per heavy atom. The predicted molar refractivity (Wildman–Crippen MR) is 91.6 cm³/mol. The zero-order valence-corrected chi connectivity index (χ0v) is 15.4. The van der Waals surface area contributed by atoms with Crippen molar-refractivity contribution in [3.63, 3.8) is 0 Å². The Kier molecular flexibility index (Phi) is 6.45. The second-order valence-corrected chi connectivity index (χ2v) is 9.08. The molecule has 2 rings (SSSR count). The highest BCUT2D eigenvalue weighted by atomic mass is 32.2. The van der Waals surface area contributed by atoms with Crippen LogP contribution in [-0.4, -0.2) is 68.0 Å². The van der Waals surface area contributed by atoms with Crippen LogP contribution in [0.2, 0.25) is 0 Å². The van der Waals surface area contributed by atoms with Crippen LogP contribution in [0.5, 0.6) is 0 Å². The third-order valence-corrected chi connectivity index (χ3v) is 6.64. The summed E-state index contributed by atoms with van der Waals surface area (Å²) in [4.78, 5) is 14.7. The first-order valence-corrected chi connectivity index (χ1v) is 10.6. The Labute approximate surface area is 140 Å². The fourth-order valence-corrected chi connectivity index (χ4v) is 4.69. The lowest BCUT2D eigenvalue weighted by molar-refractivity contribution is -0.126. The third-order valence-electron chi connectivity index (χ3n) is 5.34. The van der Waals surface area contributed by atoms with Crippen LogP contribution < -0.4 is 5.32 Å². The average molecular weight is 346 g/mol. The lowest BCUT2D eigenvalue weighted by Gasteiger charge is -2.39. The highest BCUT2D eigenvalue weighted by molar-refractivity contribution is 7.88. The molecule has 0 radical (unpaired) electrons.